The molecule has 3 rings (SSSR count). The summed E-state index contributed by atoms with van der Waals surface area (Å²) in [4.78, 5) is 0. The monoisotopic (exact) mass is 383 g/mol. The molecule has 0 heterocycles. The van der Waals surface area contributed by atoms with Crippen LogP contribution in [0.2, 0.25) is 0 Å². The molecule has 3 aromatic carbocycles. The molecule has 0 saturated heterocycles. The molecule has 150 valence electrons. The maximum absolute atomic E-state index is 4.25. The predicted octanol–water partition coefficient (Wildman–Crippen LogP) is 7.95. The number of aryl methyl sites for hydroxylation is 4. The highest BCUT2D eigenvalue weighted by molar-refractivity contribution is 5.78. The summed E-state index contributed by atoms with van der Waals surface area (Å²) in [6.07, 6.45) is 2.36. The van der Waals surface area contributed by atoms with Crippen molar-refractivity contribution in [1.82, 2.24) is 0 Å². The van der Waals surface area contributed by atoms with Crippen molar-refractivity contribution >= 4 is 11.4 Å². The van der Waals surface area contributed by atoms with Gasteiger partial charge >= 0.3 is 0 Å². The van der Waals surface area contributed by atoms with Crippen molar-refractivity contribution in [1.29, 1.82) is 0 Å². The van der Waals surface area contributed by atoms with Crippen LogP contribution in [-0.4, -0.2) is 0 Å². The van der Waals surface area contributed by atoms with Gasteiger partial charge in [0.05, 0.1) is 0 Å². The van der Waals surface area contributed by atoms with Gasteiger partial charge in [-0.25, -0.2) is 0 Å². The van der Waals surface area contributed by atoms with Crippen molar-refractivity contribution in [2.45, 2.75) is 47.5 Å². The maximum atomic E-state index is 4.25. The molecule has 0 saturated carbocycles. The molecule has 1 heteroatoms. The van der Waals surface area contributed by atoms with Gasteiger partial charge in [0.25, 0.3) is 0 Å². The summed E-state index contributed by atoms with van der Waals surface area (Å²) in [7, 11) is 0. The lowest BCUT2D eigenvalue weighted by Gasteiger charge is -2.15. The summed E-state index contributed by atoms with van der Waals surface area (Å²) >= 11 is 0. The molecule has 0 aliphatic rings. The van der Waals surface area contributed by atoms with Crippen molar-refractivity contribution in [3.8, 4) is 11.1 Å². The van der Waals surface area contributed by atoms with Gasteiger partial charge in [0, 0.05) is 11.4 Å². The second-order valence-electron chi connectivity index (χ2n) is 8.58. The van der Waals surface area contributed by atoms with Gasteiger partial charge in [-0.3, -0.25) is 0 Å². The zero-order valence-corrected chi connectivity index (χ0v) is 18.5. The van der Waals surface area contributed by atoms with E-state index in [1.807, 2.05) is 0 Å². The summed E-state index contributed by atoms with van der Waals surface area (Å²) in [5.41, 5.74) is 11.0. The van der Waals surface area contributed by atoms with Crippen LogP contribution >= 0.6 is 0 Å². The number of anilines is 1. The van der Waals surface area contributed by atoms with E-state index in [0.717, 1.165) is 29.3 Å². The van der Waals surface area contributed by atoms with Crippen LogP contribution in [-0.2, 0) is 6.42 Å². The summed E-state index contributed by atoms with van der Waals surface area (Å²) in [5.74, 6) is 0.737. The molecule has 0 aromatic heterocycles. The largest absolute Gasteiger partial charge is 0.356 e. The van der Waals surface area contributed by atoms with Crippen LogP contribution < -0.4 is 5.32 Å². The Bertz CT molecular complexity index is 993. The normalized spacial score (nSPS) is 11.0. The van der Waals surface area contributed by atoms with E-state index in [1.165, 1.54) is 39.8 Å². The first-order chi connectivity index (χ1) is 13.8. The number of hydrogen-bond acceptors (Lipinski definition) is 1. The predicted molar refractivity (Wildman–Crippen MR) is 128 cm³/mol. The smallest absolute Gasteiger partial charge is 0.0387 e. The molecule has 1 nitrogen and oxygen atoms in total. The minimum absolute atomic E-state index is 0.737. The Balaban J connectivity index is 1.72. The third-order valence-corrected chi connectivity index (χ3v) is 5.51. The Labute approximate surface area is 176 Å². The van der Waals surface area contributed by atoms with Crippen LogP contribution in [0.5, 0.6) is 0 Å². The average molecular weight is 384 g/mol. The van der Waals surface area contributed by atoms with Gasteiger partial charge in [0.15, 0.2) is 0 Å². The quantitative estimate of drug-likeness (QED) is 0.436. The molecule has 0 amide bonds. The van der Waals surface area contributed by atoms with Crippen molar-refractivity contribution in [3.63, 3.8) is 0 Å². The second kappa shape index (κ2) is 9.13. The fourth-order valence-corrected chi connectivity index (χ4v) is 3.73. The van der Waals surface area contributed by atoms with Crippen LogP contribution in [0.25, 0.3) is 16.8 Å². The fourth-order valence-electron chi connectivity index (χ4n) is 3.73. The van der Waals surface area contributed by atoms with Gasteiger partial charge in [-0.15, -0.1) is 0 Å². The molecule has 0 aliphatic heterocycles. The molecule has 0 aliphatic carbocycles. The molecular formula is C28H33N. The van der Waals surface area contributed by atoms with Gasteiger partial charge < -0.3 is 5.32 Å². The van der Waals surface area contributed by atoms with Crippen molar-refractivity contribution in [3.05, 3.63) is 95.1 Å². The Hall–Kier alpha value is -2.80. The highest BCUT2D eigenvalue weighted by Crippen LogP contribution is 2.30. The number of benzene rings is 3. The zero-order valence-electron chi connectivity index (χ0n) is 18.5. The third-order valence-electron chi connectivity index (χ3n) is 5.51. The second-order valence-corrected chi connectivity index (χ2v) is 8.58. The molecular weight excluding hydrogens is 350 g/mol. The van der Waals surface area contributed by atoms with Gasteiger partial charge in [-0.2, -0.15) is 0 Å². The van der Waals surface area contributed by atoms with Gasteiger partial charge in [0.2, 0.25) is 0 Å². The van der Waals surface area contributed by atoms with Gasteiger partial charge in [0.1, 0.15) is 0 Å². The first-order valence-corrected chi connectivity index (χ1v) is 10.6. The van der Waals surface area contributed by atoms with E-state index in [1.54, 1.807) is 0 Å². The van der Waals surface area contributed by atoms with E-state index in [9.17, 15) is 0 Å². The fraction of sp³-hybridized carbons (Fsp3) is 0.286. The maximum Gasteiger partial charge on any atom is 0.0387 e. The number of nitrogens with one attached hydrogen (secondary N) is 1. The Morgan fingerprint density at radius 3 is 2.03 bits per heavy atom. The minimum atomic E-state index is 0.737. The van der Waals surface area contributed by atoms with Crippen LogP contribution in [0.15, 0.2) is 67.2 Å². The molecule has 1 N–H and O–H groups in total. The number of rotatable bonds is 7. The van der Waals surface area contributed by atoms with E-state index in [4.69, 9.17) is 0 Å². The van der Waals surface area contributed by atoms with Crippen molar-refractivity contribution in [2.75, 3.05) is 5.32 Å². The Kier molecular flexibility index (Phi) is 6.59. The number of hydrogen-bond donors (Lipinski definition) is 1. The van der Waals surface area contributed by atoms with Crippen molar-refractivity contribution < 1.29 is 0 Å². The minimum Gasteiger partial charge on any atom is -0.356 e. The lowest BCUT2D eigenvalue weighted by molar-refractivity contribution is 0.587. The zero-order chi connectivity index (χ0) is 21.0. The first-order valence-electron chi connectivity index (χ1n) is 10.6. The molecule has 0 unspecified atom stereocenters. The van der Waals surface area contributed by atoms with E-state index >= 15 is 0 Å². The van der Waals surface area contributed by atoms with Gasteiger partial charge in [-0.1, -0.05) is 74.5 Å². The van der Waals surface area contributed by atoms with Crippen LogP contribution in [0.1, 0.15) is 48.1 Å². The summed E-state index contributed by atoms with van der Waals surface area (Å²) in [5, 5.41) is 3.48. The SMILES string of the molecule is C=C(Nc1ccc(-c2ccc(C)cc2C)c(C)c1)c1ccc(CCC(C)C)cc1. The van der Waals surface area contributed by atoms with E-state index in [0.29, 0.717) is 0 Å². The molecule has 29 heavy (non-hydrogen) atoms. The van der Waals surface area contributed by atoms with Crippen LogP contribution in [0, 0.1) is 26.7 Å². The molecule has 0 radical (unpaired) electrons. The lowest BCUT2D eigenvalue weighted by Crippen LogP contribution is -1.99. The van der Waals surface area contributed by atoms with Crippen molar-refractivity contribution in [2.24, 2.45) is 5.92 Å². The lowest BCUT2D eigenvalue weighted by atomic mass is 9.95. The molecule has 0 fully saturated rings. The van der Waals surface area contributed by atoms with Crippen LogP contribution in [0.3, 0.4) is 0 Å². The molecule has 0 spiro atoms. The summed E-state index contributed by atoms with van der Waals surface area (Å²) in [6.45, 7) is 15.3. The van der Waals surface area contributed by atoms with Gasteiger partial charge in [-0.05, 0) is 85.0 Å². The van der Waals surface area contributed by atoms with E-state index in [2.05, 4.69) is 107 Å². The summed E-state index contributed by atoms with van der Waals surface area (Å²) < 4.78 is 0. The highest BCUT2D eigenvalue weighted by Gasteiger charge is 2.07. The molecule has 0 bridgehead atoms. The molecule has 3 aromatic rings. The standard InChI is InChI=1S/C28H33N/c1-19(2)7-9-24-10-12-25(13-11-24)23(6)29-26-14-16-28(22(5)18-26)27-15-8-20(3)17-21(27)4/h8,10-19,29H,6-7,9H2,1-5H3. The molecule has 0 atom stereocenters. The first kappa shape index (κ1) is 20.9. The Morgan fingerprint density at radius 2 is 1.45 bits per heavy atom. The Morgan fingerprint density at radius 1 is 0.828 bits per heavy atom. The average Bonchev–Trinajstić information content (AvgIpc) is 2.67. The van der Waals surface area contributed by atoms with Crippen LogP contribution in [0.4, 0.5) is 5.69 Å². The topological polar surface area (TPSA) is 12.0 Å². The van der Waals surface area contributed by atoms with E-state index < -0.39 is 0 Å². The third kappa shape index (κ3) is 5.38. The van der Waals surface area contributed by atoms with E-state index in [-0.39, 0.29) is 0 Å². The summed E-state index contributed by atoms with van der Waals surface area (Å²) in [6, 6.07) is 22.0. The highest BCUT2D eigenvalue weighted by atomic mass is 14.9.